The number of imide groups is 1. The molecule has 1 N–H and O–H groups in total. The van der Waals surface area contributed by atoms with Crippen LogP contribution in [0.5, 0.6) is 11.5 Å². The van der Waals surface area contributed by atoms with E-state index in [-0.39, 0.29) is 24.6 Å². The number of carbonyl (C=O) groups is 2. The van der Waals surface area contributed by atoms with Crippen molar-refractivity contribution in [3.8, 4) is 11.5 Å². The Hall–Kier alpha value is -3.84. The van der Waals surface area contributed by atoms with Gasteiger partial charge >= 0.3 is 6.03 Å². The zero-order valence-corrected chi connectivity index (χ0v) is 20.6. The predicted octanol–water partition coefficient (Wildman–Crippen LogP) is 4.49. The fourth-order valence-electron chi connectivity index (χ4n) is 5.43. The van der Waals surface area contributed by atoms with Crippen LogP contribution in [0.3, 0.4) is 0 Å². The number of methoxy groups -OCH3 is 2. The molecule has 2 saturated heterocycles. The molecule has 186 valence electrons. The van der Waals surface area contributed by atoms with E-state index in [4.69, 9.17) is 9.47 Å². The van der Waals surface area contributed by atoms with Crippen molar-refractivity contribution in [2.45, 2.75) is 30.8 Å². The number of ether oxygens (including phenoxy) is 2. The normalized spacial score (nSPS) is 22.1. The molecule has 0 saturated carbocycles. The lowest BCUT2D eigenvalue weighted by molar-refractivity contribution is -0.133. The SMILES string of the molecule is COc1ccc(OC)c([C@@H]2CCCN2CN2C(=O)N[C@@](Cc3ccccc3)(c3ccccc3)C2=O)c1. The van der Waals surface area contributed by atoms with Gasteiger partial charge < -0.3 is 14.8 Å². The maximum Gasteiger partial charge on any atom is 0.326 e. The van der Waals surface area contributed by atoms with Gasteiger partial charge in [-0.05, 0) is 42.2 Å². The quantitative estimate of drug-likeness (QED) is 0.476. The molecular formula is C29H31N3O4. The minimum Gasteiger partial charge on any atom is -0.497 e. The summed E-state index contributed by atoms with van der Waals surface area (Å²) in [6, 6.07) is 24.7. The summed E-state index contributed by atoms with van der Waals surface area (Å²) in [4.78, 5) is 31.0. The highest BCUT2D eigenvalue weighted by molar-refractivity contribution is 6.07. The highest BCUT2D eigenvalue weighted by atomic mass is 16.5. The minimum atomic E-state index is -1.15. The molecule has 2 atom stereocenters. The number of hydrogen-bond donors (Lipinski definition) is 1. The number of hydrogen-bond acceptors (Lipinski definition) is 5. The smallest absolute Gasteiger partial charge is 0.326 e. The summed E-state index contributed by atoms with van der Waals surface area (Å²) in [7, 11) is 3.29. The van der Waals surface area contributed by atoms with E-state index in [1.165, 1.54) is 4.90 Å². The molecule has 2 heterocycles. The summed E-state index contributed by atoms with van der Waals surface area (Å²) >= 11 is 0. The summed E-state index contributed by atoms with van der Waals surface area (Å²) in [6.07, 6.45) is 2.25. The van der Waals surface area contributed by atoms with Crippen molar-refractivity contribution < 1.29 is 19.1 Å². The molecule has 7 nitrogen and oxygen atoms in total. The number of carbonyl (C=O) groups excluding carboxylic acids is 2. The van der Waals surface area contributed by atoms with Gasteiger partial charge in [0.15, 0.2) is 5.54 Å². The first kappa shape index (κ1) is 23.9. The van der Waals surface area contributed by atoms with Crippen molar-refractivity contribution in [1.29, 1.82) is 0 Å². The molecule has 3 amide bonds. The van der Waals surface area contributed by atoms with Crippen LogP contribution < -0.4 is 14.8 Å². The van der Waals surface area contributed by atoms with Crippen molar-refractivity contribution in [2.24, 2.45) is 0 Å². The molecule has 2 fully saturated rings. The largest absolute Gasteiger partial charge is 0.497 e. The first-order chi connectivity index (χ1) is 17.6. The minimum absolute atomic E-state index is 0.0106. The van der Waals surface area contributed by atoms with Crippen molar-refractivity contribution in [1.82, 2.24) is 15.1 Å². The van der Waals surface area contributed by atoms with E-state index in [1.54, 1.807) is 14.2 Å². The number of benzene rings is 3. The lowest BCUT2D eigenvalue weighted by atomic mass is 9.83. The van der Waals surface area contributed by atoms with Crippen LogP contribution in [0, 0.1) is 0 Å². The lowest BCUT2D eigenvalue weighted by Gasteiger charge is -2.31. The van der Waals surface area contributed by atoms with E-state index in [0.29, 0.717) is 6.42 Å². The van der Waals surface area contributed by atoms with Crippen LogP contribution in [0.25, 0.3) is 0 Å². The predicted molar refractivity (Wildman–Crippen MR) is 137 cm³/mol. The average Bonchev–Trinajstić information content (AvgIpc) is 3.48. The summed E-state index contributed by atoms with van der Waals surface area (Å²) in [5.41, 5.74) is 1.61. The number of likely N-dealkylation sites (tertiary alicyclic amines) is 1. The number of nitrogens with zero attached hydrogens (tertiary/aromatic N) is 2. The van der Waals surface area contributed by atoms with Crippen molar-refractivity contribution in [2.75, 3.05) is 27.4 Å². The highest BCUT2D eigenvalue weighted by Crippen LogP contribution is 2.40. The van der Waals surface area contributed by atoms with E-state index in [9.17, 15) is 9.59 Å². The second-order valence-corrected chi connectivity index (χ2v) is 9.32. The summed E-state index contributed by atoms with van der Waals surface area (Å²) in [5, 5.41) is 3.07. The average molecular weight is 486 g/mol. The summed E-state index contributed by atoms with van der Waals surface area (Å²) in [6.45, 7) is 0.984. The standard InChI is InChI=1S/C29H31N3O4/c1-35-23-15-16-26(36-2)24(18-23)25-14-9-17-31(25)20-32-27(33)29(30-28(32)34,22-12-7-4-8-13-22)19-21-10-5-3-6-11-21/h3-8,10-13,15-16,18,25H,9,14,17,19-20H2,1-2H3,(H,30,34)/t25-,29-/m0/s1. The second-order valence-electron chi connectivity index (χ2n) is 9.32. The lowest BCUT2D eigenvalue weighted by Crippen LogP contribution is -2.47. The third-order valence-electron chi connectivity index (χ3n) is 7.24. The van der Waals surface area contributed by atoms with Gasteiger partial charge in [-0.25, -0.2) is 9.69 Å². The second kappa shape index (κ2) is 10.0. The molecule has 0 radical (unpaired) electrons. The number of rotatable bonds is 8. The monoisotopic (exact) mass is 485 g/mol. The Morgan fingerprint density at radius 1 is 0.944 bits per heavy atom. The van der Waals surface area contributed by atoms with Crippen molar-refractivity contribution >= 4 is 11.9 Å². The van der Waals surface area contributed by atoms with E-state index < -0.39 is 5.54 Å². The van der Waals surface area contributed by atoms with E-state index in [0.717, 1.165) is 47.6 Å². The van der Waals surface area contributed by atoms with E-state index in [2.05, 4.69) is 10.2 Å². The molecule has 3 aromatic carbocycles. The van der Waals surface area contributed by atoms with E-state index in [1.807, 2.05) is 78.9 Å². The Balaban J connectivity index is 1.45. The van der Waals surface area contributed by atoms with Gasteiger partial charge in [0.25, 0.3) is 5.91 Å². The number of amides is 3. The van der Waals surface area contributed by atoms with Crippen LogP contribution in [-0.4, -0.2) is 49.2 Å². The third-order valence-corrected chi connectivity index (χ3v) is 7.24. The first-order valence-electron chi connectivity index (χ1n) is 12.3. The van der Waals surface area contributed by atoms with Crippen molar-refractivity contribution in [3.63, 3.8) is 0 Å². The van der Waals surface area contributed by atoms with Crippen LogP contribution in [-0.2, 0) is 16.8 Å². The molecule has 0 unspecified atom stereocenters. The van der Waals surface area contributed by atoms with Crippen LogP contribution in [0.15, 0.2) is 78.9 Å². The van der Waals surface area contributed by atoms with Crippen LogP contribution in [0.2, 0.25) is 0 Å². The Morgan fingerprint density at radius 3 is 2.36 bits per heavy atom. The Labute approximate surface area is 211 Å². The molecular weight excluding hydrogens is 454 g/mol. The van der Waals surface area contributed by atoms with Gasteiger partial charge in [0.05, 0.1) is 20.9 Å². The van der Waals surface area contributed by atoms with E-state index >= 15 is 0 Å². The first-order valence-corrected chi connectivity index (χ1v) is 12.3. The Bertz CT molecular complexity index is 1230. The molecule has 0 aromatic heterocycles. The zero-order valence-electron chi connectivity index (χ0n) is 20.6. The molecule has 5 rings (SSSR count). The van der Waals surface area contributed by atoms with Gasteiger partial charge in [-0.3, -0.25) is 9.69 Å². The van der Waals surface area contributed by atoms with Gasteiger partial charge in [-0.1, -0.05) is 60.7 Å². The fraction of sp³-hybridized carbons (Fsp3) is 0.310. The Morgan fingerprint density at radius 2 is 1.67 bits per heavy atom. The van der Waals surface area contributed by atoms with Gasteiger partial charge in [0, 0.05) is 24.6 Å². The number of nitrogens with one attached hydrogen (secondary N) is 1. The summed E-state index contributed by atoms with van der Waals surface area (Å²) in [5.74, 6) is 1.29. The van der Waals surface area contributed by atoms with Gasteiger partial charge in [0.1, 0.15) is 11.5 Å². The molecule has 2 aliphatic heterocycles. The number of urea groups is 1. The van der Waals surface area contributed by atoms with Gasteiger partial charge in [-0.2, -0.15) is 0 Å². The zero-order chi connectivity index (χ0) is 25.1. The molecule has 0 aliphatic carbocycles. The van der Waals surface area contributed by atoms with Crippen LogP contribution in [0.4, 0.5) is 4.79 Å². The molecule has 3 aromatic rings. The molecule has 0 bridgehead atoms. The third kappa shape index (κ3) is 4.31. The molecule has 7 heteroatoms. The fourth-order valence-corrected chi connectivity index (χ4v) is 5.43. The molecule has 2 aliphatic rings. The van der Waals surface area contributed by atoms with Gasteiger partial charge in [0.2, 0.25) is 0 Å². The van der Waals surface area contributed by atoms with Crippen molar-refractivity contribution in [3.05, 3.63) is 95.6 Å². The summed E-state index contributed by atoms with van der Waals surface area (Å²) < 4.78 is 11.1. The van der Waals surface area contributed by atoms with Gasteiger partial charge in [-0.15, -0.1) is 0 Å². The Kier molecular flexibility index (Phi) is 6.65. The molecule has 0 spiro atoms. The van der Waals surface area contributed by atoms with Crippen LogP contribution in [0.1, 0.15) is 35.6 Å². The van der Waals surface area contributed by atoms with Crippen LogP contribution >= 0.6 is 0 Å². The maximum atomic E-state index is 14.1. The maximum absolute atomic E-state index is 14.1. The topological polar surface area (TPSA) is 71.1 Å². The highest BCUT2D eigenvalue weighted by Gasteiger charge is 2.53. The molecule has 36 heavy (non-hydrogen) atoms.